The van der Waals surface area contributed by atoms with Gasteiger partial charge < -0.3 is 19.9 Å². The van der Waals surface area contributed by atoms with Crippen LogP contribution in [0.15, 0.2) is 59.1 Å². The molecular formula is C20H19N3O4. The summed E-state index contributed by atoms with van der Waals surface area (Å²) in [5.74, 6) is 1.17. The van der Waals surface area contributed by atoms with Gasteiger partial charge in [0.1, 0.15) is 11.5 Å². The van der Waals surface area contributed by atoms with Crippen LogP contribution in [-0.4, -0.2) is 24.1 Å². The van der Waals surface area contributed by atoms with Crippen LogP contribution < -0.4 is 15.4 Å². The Kier molecular flexibility index (Phi) is 5.51. The topological polar surface area (TPSA) is 93.5 Å². The number of aryl methyl sites for hydroxylation is 1. The highest BCUT2D eigenvalue weighted by Gasteiger charge is 2.11. The maximum absolute atomic E-state index is 12.3. The van der Waals surface area contributed by atoms with Gasteiger partial charge in [0, 0.05) is 23.7 Å². The summed E-state index contributed by atoms with van der Waals surface area (Å²) in [5, 5.41) is 9.18. The van der Waals surface area contributed by atoms with E-state index in [1.165, 1.54) is 0 Å². The van der Waals surface area contributed by atoms with Gasteiger partial charge >= 0.3 is 0 Å². The molecule has 1 aromatic heterocycles. The Labute approximate surface area is 156 Å². The molecule has 0 fully saturated rings. The van der Waals surface area contributed by atoms with Crippen LogP contribution in [0.2, 0.25) is 0 Å². The molecule has 0 bridgehead atoms. The van der Waals surface area contributed by atoms with E-state index in [9.17, 15) is 9.59 Å². The van der Waals surface area contributed by atoms with E-state index in [4.69, 9.17) is 9.26 Å². The fourth-order valence-electron chi connectivity index (χ4n) is 2.41. The van der Waals surface area contributed by atoms with Crippen LogP contribution in [0, 0.1) is 6.92 Å². The molecule has 2 N–H and O–H groups in total. The third kappa shape index (κ3) is 4.72. The van der Waals surface area contributed by atoms with E-state index < -0.39 is 0 Å². The molecule has 2 aromatic carbocycles. The maximum Gasteiger partial charge on any atom is 0.256 e. The van der Waals surface area contributed by atoms with Gasteiger partial charge in [-0.3, -0.25) is 9.59 Å². The van der Waals surface area contributed by atoms with Gasteiger partial charge in [-0.05, 0) is 48.9 Å². The molecule has 0 aliphatic heterocycles. The first-order valence-corrected chi connectivity index (χ1v) is 8.31. The van der Waals surface area contributed by atoms with E-state index in [2.05, 4.69) is 15.8 Å². The summed E-state index contributed by atoms with van der Waals surface area (Å²) in [6, 6.07) is 15.5. The summed E-state index contributed by atoms with van der Waals surface area (Å²) < 4.78 is 10.0. The second-order valence-corrected chi connectivity index (χ2v) is 5.89. The van der Waals surface area contributed by atoms with E-state index in [0.29, 0.717) is 29.2 Å². The molecule has 0 saturated heterocycles. The van der Waals surface area contributed by atoms with Gasteiger partial charge in [0.05, 0.1) is 7.11 Å². The largest absolute Gasteiger partial charge is 0.497 e. The molecule has 0 radical (unpaired) electrons. The average molecular weight is 365 g/mol. The van der Waals surface area contributed by atoms with Crippen molar-refractivity contribution in [2.24, 2.45) is 0 Å². The summed E-state index contributed by atoms with van der Waals surface area (Å²) in [4.78, 5) is 24.4. The highest BCUT2D eigenvalue weighted by atomic mass is 16.5. The minimum atomic E-state index is -0.325. The highest BCUT2D eigenvalue weighted by molar-refractivity contribution is 6.04. The molecule has 0 spiro atoms. The number of aromatic nitrogens is 1. The van der Waals surface area contributed by atoms with E-state index in [1.54, 1.807) is 44.4 Å². The summed E-state index contributed by atoms with van der Waals surface area (Å²) in [7, 11) is 1.60. The summed E-state index contributed by atoms with van der Waals surface area (Å²) >= 11 is 0. The zero-order valence-corrected chi connectivity index (χ0v) is 15.0. The van der Waals surface area contributed by atoms with E-state index in [-0.39, 0.29) is 11.8 Å². The number of nitrogens with zero attached hydrogens (tertiary/aromatic N) is 1. The number of rotatable bonds is 6. The monoisotopic (exact) mass is 365 g/mol. The van der Waals surface area contributed by atoms with Crippen molar-refractivity contribution in [2.45, 2.75) is 13.5 Å². The Bertz CT molecular complexity index is 931. The number of benzene rings is 2. The van der Waals surface area contributed by atoms with Crippen molar-refractivity contribution < 1.29 is 18.8 Å². The van der Waals surface area contributed by atoms with Crippen LogP contribution in [0.4, 0.5) is 5.82 Å². The number of carbonyl (C=O) groups is 2. The molecule has 1 heterocycles. The number of anilines is 1. The summed E-state index contributed by atoms with van der Waals surface area (Å²) in [6.07, 6.45) is 0. The van der Waals surface area contributed by atoms with Crippen molar-refractivity contribution in [3.8, 4) is 5.75 Å². The first-order chi connectivity index (χ1) is 13.0. The Morgan fingerprint density at radius 3 is 2.19 bits per heavy atom. The fourth-order valence-corrected chi connectivity index (χ4v) is 2.41. The van der Waals surface area contributed by atoms with Crippen molar-refractivity contribution >= 4 is 17.6 Å². The molecule has 7 heteroatoms. The molecule has 2 amide bonds. The predicted molar refractivity (Wildman–Crippen MR) is 99.8 cm³/mol. The smallest absolute Gasteiger partial charge is 0.256 e. The average Bonchev–Trinajstić information content (AvgIpc) is 3.11. The standard InChI is InChI=1S/C20H19N3O4/c1-13-11-18(23-27-13)22-20(25)16-7-5-15(6-8-16)19(24)21-12-14-3-9-17(26-2)10-4-14/h3-11H,12H2,1-2H3,(H,21,24)(H,22,23,25). The third-order valence-corrected chi connectivity index (χ3v) is 3.89. The van der Waals surface area contributed by atoms with Crippen LogP contribution in [0.25, 0.3) is 0 Å². The van der Waals surface area contributed by atoms with Crippen LogP contribution in [0.1, 0.15) is 32.0 Å². The van der Waals surface area contributed by atoms with Crippen LogP contribution in [-0.2, 0) is 6.54 Å². The van der Waals surface area contributed by atoms with Gasteiger partial charge in [-0.2, -0.15) is 0 Å². The second-order valence-electron chi connectivity index (χ2n) is 5.89. The molecular weight excluding hydrogens is 346 g/mol. The van der Waals surface area contributed by atoms with Gasteiger partial charge in [0.15, 0.2) is 5.82 Å². The lowest BCUT2D eigenvalue weighted by atomic mass is 10.1. The first kappa shape index (κ1) is 18.2. The quantitative estimate of drug-likeness (QED) is 0.700. The number of hydrogen-bond acceptors (Lipinski definition) is 5. The molecule has 0 saturated carbocycles. The third-order valence-electron chi connectivity index (χ3n) is 3.89. The van der Waals surface area contributed by atoms with E-state index >= 15 is 0 Å². The van der Waals surface area contributed by atoms with Crippen molar-refractivity contribution in [3.63, 3.8) is 0 Å². The Balaban J connectivity index is 1.57. The number of methoxy groups -OCH3 is 1. The normalized spacial score (nSPS) is 10.3. The van der Waals surface area contributed by atoms with E-state index in [0.717, 1.165) is 11.3 Å². The van der Waals surface area contributed by atoms with Gasteiger partial charge in [-0.25, -0.2) is 0 Å². The van der Waals surface area contributed by atoms with Gasteiger partial charge in [-0.1, -0.05) is 17.3 Å². The number of amides is 2. The number of hydrogen-bond donors (Lipinski definition) is 2. The molecule has 0 atom stereocenters. The molecule has 0 unspecified atom stereocenters. The Hall–Kier alpha value is -3.61. The second kappa shape index (κ2) is 8.18. The van der Waals surface area contributed by atoms with Gasteiger partial charge in [0.25, 0.3) is 11.8 Å². The zero-order chi connectivity index (χ0) is 19.2. The lowest BCUT2D eigenvalue weighted by Crippen LogP contribution is -2.23. The molecule has 3 rings (SSSR count). The zero-order valence-electron chi connectivity index (χ0n) is 15.0. The van der Waals surface area contributed by atoms with Crippen LogP contribution in [0.5, 0.6) is 5.75 Å². The maximum atomic E-state index is 12.3. The van der Waals surface area contributed by atoms with Crippen LogP contribution in [0.3, 0.4) is 0 Å². The Morgan fingerprint density at radius 2 is 1.63 bits per heavy atom. The van der Waals surface area contributed by atoms with Crippen molar-refractivity contribution in [3.05, 3.63) is 77.0 Å². The van der Waals surface area contributed by atoms with Crippen LogP contribution >= 0.6 is 0 Å². The van der Waals surface area contributed by atoms with Gasteiger partial charge in [0.2, 0.25) is 0 Å². The molecule has 27 heavy (non-hydrogen) atoms. The number of carbonyl (C=O) groups excluding carboxylic acids is 2. The van der Waals surface area contributed by atoms with Crippen molar-refractivity contribution in [1.82, 2.24) is 10.5 Å². The summed E-state index contributed by atoms with van der Waals surface area (Å²) in [5.41, 5.74) is 1.85. The molecule has 3 aromatic rings. The highest BCUT2D eigenvalue weighted by Crippen LogP contribution is 2.12. The van der Waals surface area contributed by atoms with E-state index in [1.807, 2.05) is 24.3 Å². The minimum absolute atomic E-state index is 0.218. The summed E-state index contributed by atoms with van der Waals surface area (Å²) in [6.45, 7) is 2.14. The SMILES string of the molecule is COc1ccc(CNC(=O)c2ccc(C(=O)Nc3cc(C)on3)cc2)cc1. The lowest BCUT2D eigenvalue weighted by Gasteiger charge is -2.07. The minimum Gasteiger partial charge on any atom is -0.497 e. The Morgan fingerprint density at radius 1 is 1.00 bits per heavy atom. The molecule has 138 valence electrons. The molecule has 7 nitrogen and oxygen atoms in total. The van der Waals surface area contributed by atoms with Gasteiger partial charge in [-0.15, -0.1) is 0 Å². The predicted octanol–water partition coefficient (Wildman–Crippen LogP) is 3.17. The number of ether oxygens (including phenoxy) is 1. The van der Waals surface area contributed by atoms with Crippen molar-refractivity contribution in [1.29, 1.82) is 0 Å². The molecule has 0 aliphatic rings. The lowest BCUT2D eigenvalue weighted by molar-refractivity contribution is 0.0949. The number of nitrogens with one attached hydrogen (secondary N) is 2. The first-order valence-electron chi connectivity index (χ1n) is 8.31. The molecule has 0 aliphatic carbocycles. The van der Waals surface area contributed by atoms with Crippen molar-refractivity contribution in [2.75, 3.05) is 12.4 Å². The fraction of sp³-hybridized carbons (Fsp3) is 0.150.